The van der Waals surface area contributed by atoms with Crippen molar-refractivity contribution in [1.29, 1.82) is 0 Å². The maximum absolute atomic E-state index is 5.76. The molecule has 2 aromatic heterocycles. The fraction of sp³-hybridized carbons (Fsp3) is 0.333. The highest BCUT2D eigenvalue weighted by molar-refractivity contribution is 5.81. The summed E-state index contributed by atoms with van der Waals surface area (Å²) in [7, 11) is 0. The number of rotatable bonds is 4. The van der Waals surface area contributed by atoms with Gasteiger partial charge in [0.05, 0.1) is 5.92 Å². The number of furan rings is 1. The van der Waals surface area contributed by atoms with Crippen molar-refractivity contribution in [3.05, 3.63) is 36.2 Å². The van der Waals surface area contributed by atoms with Gasteiger partial charge >= 0.3 is 0 Å². The minimum atomic E-state index is 0.0700. The van der Waals surface area contributed by atoms with Crippen molar-refractivity contribution < 1.29 is 8.94 Å². The van der Waals surface area contributed by atoms with Crippen LogP contribution in [0.1, 0.15) is 25.7 Å². The van der Waals surface area contributed by atoms with Crippen molar-refractivity contribution >= 4 is 11.0 Å². The fourth-order valence-corrected chi connectivity index (χ4v) is 2.24. The molecule has 0 fully saturated rings. The number of nitrogens with zero attached hydrogens (tertiary/aromatic N) is 2. The van der Waals surface area contributed by atoms with Crippen LogP contribution in [0.5, 0.6) is 0 Å². The largest absolute Gasteiger partial charge is 0.453 e. The molecule has 3 aromatic rings. The Kier molecular flexibility index (Phi) is 3.28. The second-order valence-electron chi connectivity index (χ2n) is 5.19. The van der Waals surface area contributed by atoms with Crippen molar-refractivity contribution in [3.8, 4) is 11.6 Å². The molecule has 0 bridgehead atoms. The lowest BCUT2D eigenvalue weighted by Gasteiger charge is -2.13. The Balaban J connectivity index is 1.97. The normalized spacial score (nSPS) is 13.2. The lowest BCUT2D eigenvalue weighted by atomic mass is 9.96. The van der Waals surface area contributed by atoms with Gasteiger partial charge in [0, 0.05) is 11.9 Å². The highest BCUT2D eigenvalue weighted by Crippen LogP contribution is 2.28. The zero-order valence-corrected chi connectivity index (χ0v) is 11.5. The van der Waals surface area contributed by atoms with Gasteiger partial charge in [-0.15, -0.1) is 0 Å². The van der Waals surface area contributed by atoms with E-state index in [-0.39, 0.29) is 5.92 Å². The summed E-state index contributed by atoms with van der Waals surface area (Å²) < 4.78 is 11.1. The molecule has 2 heterocycles. The van der Waals surface area contributed by atoms with Crippen LogP contribution in [0, 0.1) is 5.92 Å². The van der Waals surface area contributed by atoms with Crippen LogP contribution in [0.25, 0.3) is 22.6 Å². The summed E-state index contributed by atoms with van der Waals surface area (Å²) in [5.41, 5.74) is 6.58. The van der Waals surface area contributed by atoms with Crippen LogP contribution in [0.15, 0.2) is 39.3 Å². The summed E-state index contributed by atoms with van der Waals surface area (Å²) in [5.74, 6) is 2.07. The van der Waals surface area contributed by atoms with E-state index in [1.807, 2.05) is 30.3 Å². The summed E-state index contributed by atoms with van der Waals surface area (Å²) in [6.07, 6.45) is 0. The van der Waals surface area contributed by atoms with Gasteiger partial charge < -0.3 is 14.7 Å². The molecule has 0 saturated heterocycles. The van der Waals surface area contributed by atoms with E-state index in [9.17, 15) is 0 Å². The fourth-order valence-electron chi connectivity index (χ4n) is 2.24. The molecule has 0 aliphatic rings. The predicted octanol–water partition coefficient (Wildman–Crippen LogP) is 3.18. The van der Waals surface area contributed by atoms with Crippen molar-refractivity contribution in [2.45, 2.75) is 19.8 Å². The Hall–Kier alpha value is -2.14. The SMILES string of the molecule is CC(C)C(CN)c1nc(-c2cc3ccccc3o2)no1. The zero-order chi connectivity index (χ0) is 14.1. The highest BCUT2D eigenvalue weighted by Gasteiger charge is 2.22. The monoisotopic (exact) mass is 271 g/mol. The van der Waals surface area contributed by atoms with Gasteiger partial charge in [-0.05, 0) is 18.1 Å². The Bertz CT molecular complexity index is 682. The van der Waals surface area contributed by atoms with Crippen LogP contribution >= 0.6 is 0 Å². The first-order valence-electron chi connectivity index (χ1n) is 6.71. The third-order valence-corrected chi connectivity index (χ3v) is 3.46. The highest BCUT2D eigenvalue weighted by atomic mass is 16.5. The van der Waals surface area contributed by atoms with Crippen LogP contribution in [0.2, 0.25) is 0 Å². The number of hydrogen-bond donors (Lipinski definition) is 1. The summed E-state index contributed by atoms with van der Waals surface area (Å²) in [4.78, 5) is 4.42. The van der Waals surface area contributed by atoms with Gasteiger partial charge in [0.15, 0.2) is 5.76 Å². The quantitative estimate of drug-likeness (QED) is 0.788. The molecule has 2 N–H and O–H groups in total. The maximum atomic E-state index is 5.76. The van der Waals surface area contributed by atoms with Crippen molar-refractivity contribution in [3.63, 3.8) is 0 Å². The van der Waals surface area contributed by atoms with E-state index in [1.54, 1.807) is 0 Å². The average molecular weight is 271 g/mol. The number of aromatic nitrogens is 2. The van der Waals surface area contributed by atoms with Gasteiger partial charge in [0.25, 0.3) is 0 Å². The van der Waals surface area contributed by atoms with Crippen molar-refractivity contribution in [1.82, 2.24) is 10.1 Å². The van der Waals surface area contributed by atoms with E-state index in [4.69, 9.17) is 14.7 Å². The molecule has 1 atom stereocenters. The maximum Gasteiger partial charge on any atom is 0.238 e. The van der Waals surface area contributed by atoms with Gasteiger partial charge in [-0.2, -0.15) is 4.98 Å². The van der Waals surface area contributed by atoms with E-state index >= 15 is 0 Å². The van der Waals surface area contributed by atoms with Gasteiger partial charge in [0.2, 0.25) is 11.7 Å². The second kappa shape index (κ2) is 5.09. The van der Waals surface area contributed by atoms with Crippen molar-refractivity contribution in [2.24, 2.45) is 11.7 Å². The number of fused-ring (bicyclic) bond motifs is 1. The lowest BCUT2D eigenvalue weighted by molar-refractivity contribution is 0.324. The molecular formula is C15H17N3O2. The van der Waals surface area contributed by atoms with Gasteiger partial charge in [-0.25, -0.2) is 0 Å². The molecule has 0 aliphatic heterocycles. The first kappa shape index (κ1) is 12.9. The van der Waals surface area contributed by atoms with E-state index in [2.05, 4.69) is 24.0 Å². The van der Waals surface area contributed by atoms with Gasteiger partial charge in [0.1, 0.15) is 5.58 Å². The molecule has 5 heteroatoms. The molecule has 1 unspecified atom stereocenters. The molecule has 3 rings (SSSR count). The molecule has 0 radical (unpaired) electrons. The Morgan fingerprint density at radius 2 is 2.05 bits per heavy atom. The van der Waals surface area contributed by atoms with Crippen molar-refractivity contribution in [2.75, 3.05) is 6.54 Å². The molecule has 5 nitrogen and oxygen atoms in total. The van der Waals surface area contributed by atoms with Gasteiger partial charge in [-0.1, -0.05) is 37.2 Å². The summed E-state index contributed by atoms with van der Waals surface area (Å²) in [6.45, 7) is 4.66. The molecule has 104 valence electrons. The molecule has 20 heavy (non-hydrogen) atoms. The van der Waals surface area contributed by atoms with E-state index in [0.717, 1.165) is 11.0 Å². The zero-order valence-electron chi connectivity index (χ0n) is 11.5. The average Bonchev–Trinajstić information content (AvgIpc) is 3.04. The molecule has 0 spiro atoms. The standard InChI is InChI=1S/C15H17N3O2/c1-9(2)11(8-16)15-17-14(18-20-15)13-7-10-5-3-4-6-12(10)19-13/h3-7,9,11H,8,16H2,1-2H3. The molecule has 0 saturated carbocycles. The minimum Gasteiger partial charge on any atom is -0.453 e. The number of hydrogen-bond acceptors (Lipinski definition) is 5. The molecule has 1 aromatic carbocycles. The first-order chi connectivity index (χ1) is 9.69. The van der Waals surface area contributed by atoms with Crippen LogP contribution in [-0.4, -0.2) is 16.7 Å². The smallest absolute Gasteiger partial charge is 0.238 e. The van der Waals surface area contributed by atoms with Crippen LogP contribution in [-0.2, 0) is 0 Å². The molecule has 0 amide bonds. The third-order valence-electron chi connectivity index (χ3n) is 3.46. The first-order valence-corrected chi connectivity index (χ1v) is 6.71. The summed E-state index contributed by atoms with van der Waals surface area (Å²) in [5, 5.41) is 5.02. The third kappa shape index (κ3) is 2.20. The summed E-state index contributed by atoms with van der Waals surface area (Å²) in [6, 6.07) is 9.71. The van der Waals surface area contributed by atoms with E-state index in [1.165, 1.54) is 0 Å². The topological polar surface area (TPSA) is 78.1 Å². The second-order valence-corrected chi connectivity index (χ2v) is 5.19. The van der Waals surface area contributed by atoms with Gasteiger partial charge in [-0.3, -0.25) is 0 Å². The number of para-hydroxylation sites is 1. The minimum absolute atomic E-state index is 0.0700. The number of benzene rings is 1. The Morgan fingerprint density at radius 1 is 1.25 bits per heavy atom. The van der Waals surface area contributed by atoms with Crippen LogP contribution in [0.4, 0.5) is 0 Å². The predicted molar refractivity (Wildman–Crippen MR) is 76.1 cm³/mol. The van der Waals surface area contributed by atoms with E-state index in [0.29, 0.717) is 29.9 Å². The van der Waals surface area contributed by atoms with Crippen LogP contribution in [0.3, 0.4) is 0 Å². The molecule has 0 aliphatic carbocycles. The number of nitrogens with two attached hydrogens (primary N) is 1. The lowest BCUT2D eigenvalue weighted by Crippen LogP contribution is -2.18. The summed E-state index contributed by atoms with van der Waals surface area (Å²) >= 11 is 0. The molecular weight excluding hydrogens is 254 g/mol. The Labute approximate surface area is 116 Å². The Morgan fingerprint density at radius 3 is 2.75 bits per heavy atom. The van der Waals surface area contributed by atoms with E-state index < -0.39 is 0 Å². The van der Waals surface area contributed by atoms with Crippen LogP contribution < -0.4 is 5.73 Å².